The maximum absolute atomic E-state index is 12.5. The number of thioether (sulfide) groups is 1. The van der Waals surface area contributed by atoms with Gasteiger partial charge in [-0.05, 0) is 30.3 Å². The van der Waals surface area contributed by atoms with Gasteiger partial charge in [0.1, 0.15) is 17.2 Å². The fourth-order valence-corrected chi connectivity index (χ4v) is 2.18. The van der Waals surface area contributed by atoms with Crippen LogP contribution < -0.4 is 9.47 Å². The molecule has 0 aliphatic carbocycles. The normalized spacial score (nSPS) is 11.3. The number of aromatic nitrogens is 2. The molecule has 0 atom stereocenters. The van der Waals surface area contributed by atoms with Gasteiger partial charge >= 0.3 is 6.18 Å². The van der Waals surface area contributed by atoms with E-state index in [4.69, 9.17) is 9.47 Å². The first-order valence-electron chi connectivity index (χ1n) is 6.29. The Morgan fingerprint density at radius 2 is 1.77 bits per heavy atom. The third kappa shape index (κ3) is 4.80. The van der Waals surface area contributed by atoms with Crippen molar-refractivity contribution in [2.75, 3.05) is 19.5 Å². The summed E-state index contributed by atoms with van der Waals surface area (Å²) in [6.45, 7) is 0.330. The lowest BCUT2D eigenvalue weighted by atomic mass is 10.3. The summed E-state index contributed by atoms with van der Waals surface area (Å²) < 4.78 is 48.0. The smallest absolute Gasteiger partial charge is 0.433 e. The van der Waals surface area contributed by atoms with E-state index in [2.05, 4.69) is 9.97 Å². The molecule has 22 heavy (non-hydrogen) atoms. The lowest BCUT2D eigenvalue weighted by molar-refractivity contribution is -0.141. The molecule has 0 amide bonds. The van der Waals surface area contributed by atoms with Crippen molar-refractivity contribution in [2.45, 2.75) is 11.3 Å². The molecule has 2 aromatic rings. The summed E-state index contributed by atoms with van der Waals surface area (Å²) in [4.78, 5) is 7.27. The van der Waals surface area contributed by atoms with E-state index in [0.29, 0.717) is 18.1 Å². The predicted octanol–water partition coefficient (Wildman–Crippen LogP) is 3.68. The van der Waals surface area contributed by atoms with Crippen LogP contribution in [0.4, 0.5) is 13.2 Å². The van der Waals surface area contributed by atoms with Crippen molar-refractivity contribution >= 4 is 11.8 Å². The molecule has 0 N–H and O–H groups in total. The van der Waals surface area contributed by atoms with Crippen LogP contribution in [0, 0.1) is 0 Å². The second kappa shape index (κ2) is 7.35. The topological polar surface area (TPSA) is 44.2 Å². The Hall–Kier alpha value is -1.96. The number of benzene rings is 1. The van der Waals surface area contributed by atoms with Crippen LogP contribution >= 0.6 is 11.8 Å². The number of rotatable bonds is 6. The van der Waals surface area contributed by atoms with Gasteiger partial charge in [0.15, 0.2) is 5.16 Å². The average Bonchev–Trinajstić information content (AvgIpc) is 2.52. The summed E-state index contributed by atoms with van der Waals surface area (Å²) in [5.41, 5.74) is -0.943. The summed E-state index contributed by atoms with van der Waals surface area (Å²) in [6.07, 6.45) is -3.36. The van der Waals surface area contributed by atoms with Gasteiger partial charge in [0.25, 0.3) is 0 Å². The van der Waals surface area contributed by atoms with Crippen LogP contribution in [-0.2, 0) is 6.18 Å². The maximum Gasteiger partial charge on any atom is 0.433 e. The third-order valence-corrected chi connectivity index (χ3v) is 3.39. The van der Waals surface area contributed by atoms with Gasteiger partial charge in [-0.3, -0.25) is 0 Å². The van der Waals surface area contributed by atoms with Crippen LogP contribution in [0.15, 0.2) is 41.7 Å². The minimum atomic E-state index is -4.46. The molecule has 4 nitrogen and oxygen atoms in total. The number of nitrogens with zero attached hydrogens (tertiary/aromatic N) is 2. The van der Waals surface area contributed by atoms with Gasteiger partial charge in [0.05, 0.1) is 13.7 Å². The molecule has 118 valence electrons. The molecule has 0 fully saturated rings. The SMILES string of the molecule is COc1ccc(OCCSc2nccc(C(F)(F)F)n2)cc1. The van der Waals surface area contributed by atoms with E-state index in [9.17, 15) is 13.2 Å². The van der Waals surface area contributed by atoms with Crippen LogP contribution in [0.2, 0.25) is 0 Å². The molecule has 8 heteroatoms. The molecule has 0 spiro atoms. The summed E-state index contributed by atoms with van der Waals surface area (Å²) in [5.74, 6) is 1.82. The summed E-state index contributed by atoms with van der Waals surface area (Å²) in [6, 6.07) is 7.88. The van der Waals surface area contributed by atoms with Crippen molar-refractivity contribution in [2.24, 2.45) is 0 Å². The Bertz CT molecular complexity index is 606. The van der Waals surface area contributed by atoms with Crippen LogP contribution in [0.3, 0.4) is 0 Å². The molecule has 1 heterocycles. The number of methoxy groups -OCH3 is 1. The Morgan fingerprint density at radius 1 is 1.09 bits per heavy atom. The van der Waals surface area contributed by atoms with Gasteiger partial charge in [0, 0.05) is 11.9 Å². The van der Waals surface area contributed by atoms with Crippen molar-refractivity contribution in [1.29, 1.82) is 0 Å². The van der Waals surface area contributed by atoms with Crippen molar-refractivity contribution in [3.8, 4) is 11.5 Å². The van der Waals surface area contributed by atoms with Gasteiger partial charge in [0.2, 0.25) is 0 Å². The third-order valence-electron chi connectivity index (χ3n) is 2.57. The standard InChI is InChI=1S/C14H13F3N2O2S/c1-20-10-2-4-11(5-3-10)21-8-9-22-13-18-7-6-12(19-13)14(15,16)17/h2-7H,8-9H2,1H3. The lowest BCUT2D eigenvalue weighted by Gasteiger charge is -2.08. The molecule has 0 unspecified atom stereocenters. The van der Waals surface area contributed by atoms with Gasteiger partial charge in [-0.1, -0.05) is 11.8 Å². The van der Waals surface area contributed by atoms with E-state index in [1.807, 2.05) is 0 Å². The van der Waals surface area contributed by atoms with Gasteiger partial charge < -0.3 is 9.47 Å². The van der Waals surface area contributed by atoms with E-state index in [1.165, 1.54) is 0 Å². The largest absolute Gasteiger partial charge is 0.497 e. The summed E-state index contributed by atoms with van der Waals surface area (Å²) >= 11 is 1.11. The Labute approximate surface area is 129 Å². The molecular formula is C14H13F3N2O2S. The van der Waals surface area contributed by atoms with Gasteiger partial charge in [-0.2, -0.15) is 13.2 Å². The second-order valence-corrected chi connectivity index (χ2v) is 5.16. The van der Waals surface area contributed by atoms with E-state index in [0.717, 1.165) is 29.8 Å². The highest BCUT2D eigenvalue weighted by atomic mass is 32.2. The highest BCUT2D eigenvalue weighted by Crippen LogP contribution is 2.28. The van der Waals surface area contributed by atoms with Crippen LogP contribution in [0.1, 0.15) is 5.69 Å². The van der Waals surface area contributed by atoms with Crippen LogP contribution in [-0.4, -0.2) is 29.4 Å². The van der Waals surface area contributed by atoms with Crippen molar-refractivity contribution < 1.29 is 22.6 Å². The molecule has 2 rings (SSSR count). The van der Waals surface area contributed by atoms with Crippen LogP contribution in [0.5, 0.6) is 11.5 Å². The summed E-state index contributed by atoms with van der Waals surface area (Å²) in [7, 11) is 1.57. The van der Waals surface area contributed by atoms with Gasteiger partial charge in [-0.15, -0.1) is 0 Å². The zero-order valence-electron chi connectivity index (χ0n) is 11.6. The molecule has 0 bridgehead atoms. The zero-order valence-corrected chi connectivity index (χ0v) is 12.4. The molecule has 0 aliphatic heterocycles. The predicted molar refractivity (Wildman–Crippen MR) is 76.2 cm³/mol. The highest BCUT2D eigenvalue weighted by Gasteiger charge is 2.32. The van der Waals surface area contributed by atoms with E-state index in [1.54, 1.807) is 31.4 Å². The molecule has 1 aromatic carbocycles. The highest BCUT2D eigenvalue weighted by molar-refractivity contribution is 7.99. The van der Waals surface area contributed by atoms with E-state index in [-0.39, 0.29) is 5.16 Å². The molecule has 0 radical (unpaired) electrons. The lowest BCUT2D eigenvalue weighted by Crippen LogP contribution is -2.09. The maximum atomic E-state index is 12.5. The minimum absolute atomic E-state index is 0.0770. The number of ether oxygens (including phenoxy) is 2. The second-order valence-electron chi connectivity index (χ2n) is 4.09. The summed E-state index contributed by atoms with van der Waals surface area (Å²) in [5, 5.41) is 0.0770. The molecule has 0 saturated heterocycles. The first-order valence-corrected chi connectivity index (χ1v) is 7.27. The monoisotopic (exact) mass is 330 g/mol. The van der Waals surface area contributed by atoms with Gasteiger partial charge in [-0.25, -0.2) is 9.97 Å². The number of alkyl halides is 3. The molecule has 0 aliphatic rings. The minimum Gasteiger partial charge on any atom is -0.497 e. The quantitative estimate of drug-likeness (QED) is 0.459. The Kier molecular flexibility index (Phi) is 5.48. The molecule has 0 saturated carbocycles. The zero-order chi connectivity index (χ0) is 16.0. The average molecular weight is 330 g/mol. The van der Waals surface area contributed by atoms with Crippen LogP contribution in [0.25, 0.3) is 0 Å². The van der Waals surface area contributed by atoms with Crippen molar-refractivity contribution in [3.63, 3.8) is 0 Å². The fourth-order valence-electron chi connectivity index (χ4n) is 1.53. The Morgan fingerprint density at radius 3 is 2.41 bits per heavy atom. The van der Waals surface area contributed by atoms with E-state index >= 15 is 0 Å². The molecule has 1 aromatic heterocycles. The molecular weight excluding hydrogens is 317 g/mol. The fraction of sp³-hybridized carbons (Fsp3) is 0.286. The Balaban J connectivity index is 1.81. The first kappa shape index (κ1) is 16.4. The first-order chi connectivity index (χ1) is 10.5. The van der Waals surface area contributed by atoms with Crippen molar-refractivity contribution in [1.82, 2.24) is 9.97 Å². The number of hydrogen-bond donors (Lipinski definition) is 0. The van der Waals surface area contributed by atoms with Crippen molar-refractivity contribution in [3.05, 3.63) is 42.2 Å². The number of hydrogen-bond acceptors (Lipinski definition) is 5. The van der Waals surface area contributed by atoms with E-state index < -0.39 is 11.9 Å². The number of halogens is 3.